The topological polar surface area (TPSA) is 51.5 Å². The Morgan fingerprint density at radius 1 is 0.824 bits per heavy atom. The van der Waals surface area contributed by atoms with Crippen LogP contribution in [0.3, 0.4) is 0 Å². The molecule has 1 fully saturated rings. The summed E-state index contributed by atoms with van der Waals surface area (Å²) in [5.41, 5.74) is 2.75. The van der Waals surface area contributed by atoms with Gasteiger partial charge in [0.25, 0.3) is 0 Å². The zero-order valence-electron chi connectivity index (χ0n) is 19.8. The highest BCUT2D eigenvalue weighted by atomic mass is 19.1. The lowest BCUT2D eigenvalue weighted by Gasteiger charge is -2.31. The fourth-order valence-electron chi connectivity index (χ4n) is 4.72. The molecule has 176 valence electrons. The van der Waals surface area contributed by atoms with Gasteiger partial charge in [-0.3, -0.25) is 0 Å². The molecule has 1 aliphatic rings. The minimum atomic E-state index is -0.434. The van der Waals surface area contributed by atoms with Crippen LogP contribution in [0.25, 0.3) is 11.1 Å². The molecule has 5 heteroatoms. The third kappa shape index (κ3) is 5.34. The summed E-state index contributed by atoms with van der Waals surface area (Å²) < 4.78 is 31.5. The van der Waals surface area contributed by atoms with E-state index < -0.39 is 5.41 Å². The van der Waals surface area contributed by atoms with Crippen molar-refractivity contribution in [1.29, 1.82) is 5.26 Å². The molecular formula is C29H30FNO3. The second-order valence-electron chi connectivity index (χ2n) is 8.93. The number of ether oxygens (including phenoxy) is 3. The minimum absolute atomic E-state index is 0.316. The molecule has 0 amide bonds. The highest BCUT2D eigenvalue weighted by Gasteiger charge is 2.33. The molecule has 4 nitrogen and oxygen atoms in total. The van der Waals surface area contributed by atoms with Gasteiger partial charge < -0.3 is 14.2 Å². The van der Waals surface area contributed by atoms with E-state index in [4.69, 9.17) is 14.2 Å². The summed E-state index contributed by atoms with van der Waals surface area (Å²) in [4.78, 5) is 0. The van der Waals surface area contributed by atoms with Crippen LogP contribution in [0, 0.1) is 22.6 Å². The van der Waals surface area contributed by atoms with Crippen LogP contribution in [0.2, 0.25) is 0 Å². The number of halogens is 1. The van der Waals surface area contributed by atoms with Crippen LogP contribution in [0.15, 0.2) is 60.7 Å². The standard InChI is InChI=1S/C29H30FNO3/c1-32-23-8-6-21(7-9-23)19-34-25-10-12-26(27-17-24(33-2)11-13-28(27)30)22(16-25)18-29(20-31)14-4-3-5-15-29/h6-13,16-17H,3-5,14-15,18-19H2,1-2H3. The zero-order valence-corrected chi connectivity index (χ0v) is 19.8. The molecule has 4 rings (SSSR count). The summed E-state index contributed by atoms with van der Waals surface area (Å²) in [6.07, 6.45) is 5.54. The highest BCUT2D eigenvalue weighted by molar-refractivity contribution is 5.70. The number of methoxy groups -OCH3 is 2. The fraction of sp³-hybridized carbons (Fsp3) is 0.345. The predicted molar refractivity (Wildman–Crippen MR) is 131 cm³/mol. The normalized spacial score (nSPS) is 14.8. The van der Waals surface area contributed by atoms with Crippen molar-refractivity contribution < 1.29 is 18.6 Å². The predicted octanol–water partition coefficient (Wildman–Crippen LogP) is 7.11. The molecule has 0 unspecified atom stereocenters. The Hall–Kier alpha value is -3.52. The van der Waals surface area contributed by atoms with Crippen molar-refractivity contribution in [2.24, 2.45) is 5.41 Å². The van der Waals surface area contributed by atoms with E-state index in [9.17, 15) is 9.65 Å². The van der Waals surface area contributed by atoms with E-state index in [2.05, 4.69) is 6.07 Å². The van der Waals surface area contributed by atoms with Crippen molar-refractivity contribution in [3.05, 3.63) is 77.6 Å². The molecule has 0 heterocycles. The quantitative estimate of drug-likeness (QED) is 0.360. The lowest BCUT2D eigenvalue weighted by Crippen LogP contribution is -2.25. The lowest BCUT2D eigenvalue weighted by molar-refractivity contribution is 0.265. The number of nitrogens with zero attached hydrogens (tertiary/aromatic N) is 1. The largest absolute Gasteiger partial charge is 0.497 e. The van der Waals surface area contributed by atoms with E-state index in [0.29, 0.717) is 30.1 Å². The van der Waals surface area contributed by atoms with Gasteiger partial charge in [-0.15, -0.1) is 0 Å². The van der Waals surface area contributed by atoms with Crippen LogP contribution in [-0.2, 0) is 13.0 Å². The van der Waals surface area contributed by atoms with Crippen molar-refractivity contribution >= 4 is 0 Å². The molecule has 34 heavy (non-hydrogen) atoms. The molecule has 1 saturated carbocycles. The Balaban J connectivity index is 1.67. The van der Waals surface area contributed by atoms with Gasteiger partial charge in [0.05, 0.1) is 25.7 Å². The van der Waals surface area contributed by atoms with Gasteiger partial charge in [-0.2, -0.15) is 5.26 Å². The van der Waals surface area contributed by atoms with Crippen molar-refractivity contribution in [1.82, 2.24) is 0 Å². The van der Waals surface area contributed by atoms with Gasteiger partial charge in [-0.05, 0) is 78.4 Å². The summed E-state index contributed by atoms with van der Waals surface area (Å²) >= 11 is 0. The first-order valence-electron chi connectivity index (χ1n) is 11.7. The van der Waals surface area contributed by atoms with Gasteiger partial charge in [0.2, 0.25) is 0 Å². The van der Waals surface area contributed by atoms with Crippen LogP contribution in [0.5, 0.6) is 17.2 Å². The van der Waals surface area contributed by atoms with Crippen molar-refractivity contribution in [2.45, 2.75) is 45.1 Å². The molecule has 0 radical (unpaired) electrons. The Morgan fingerprint density at radius 3 is 2.18 bits per heavy atom. The third-order valence-electron chi connectivity index (χ3n) is 6.68. The summed E-state index contributed by atoms with van der Waals surface area (Å²) in [5, 5.41) is 10.1. The molecule has 0 spiro atoms. The fourth-order valence-corrected chi connectivity index (χ4v) is 4.72. The molecule has 0 aromatic heterocycles. The summed E-state index contributed by atoms with van der Waals surface area (Å²) in [6.45, 7) is 0.402. The summed E-state index contributed by atoms with van der Waals surface area (Å²) in [6, 6.07) is 20.8. The van der Waals surface area contributed by atoms with E-state index in [1.165, 1.54) is 6.07 Å². The van der Waals surface area contributed by atoms with Crippen LogP contribution in [0.4, 0.5) is 4.39 Å². The van der Waals surface area contributed by atoms with Crippen LogP contribution in [0.1, 0.15) is 43.2 Å². The van der Waals surface area contributed by atoms with E-state index in [1.54, 1.807) is 26.4 Å². The van der Waals surface area contributed by atoms with E-state index >= 15 is 0 Å². The third-order valence-corrected chi connectivity index (χ3v) is 6.68. The van der Waals surface area contributed by atoms with E-state index in [-0.39, 0.29) is 5.82 Å². The molecule has 1 aliphatic carbocycles. The number of hydrogen-bond acceptors (Lipinski definition) is 4. The van der Waals surface area contributed by atoms with Crippen LogP contribution >= 0.6 is 0 Å². The van der Waals surface area contributed by atoms with Gasteiger partial charge in [-0.25, -0.2) is 4.39 Å². The van der Waals surface area contributed by atoms with Gasteiger partial charge in [0.15, 0.2) is 0 Å². The zero-order chi connectivity index (χ0) is 24.0. The lowest BCUT2D eigenvalue weighted by atomic mass is 9.70. The maximum atomic E-state index is 14.9. The first kappa shape index (κ1) is 23.6. The van der Waals surface area contributed by atoms with Crippen molar-refractivity contribution in [3.8, 4) is 34.4 Å². The maximum absolute atomic E-state index is 14.9. The Kier molecular flexibility index (Phi) is 7.37. The number of hydrogen-bond donors (Lipinski definition) is 0. The average molecular weight is 460 g/mol. The SMILES string of the molecule is COc1ccc(COc2ccc(-c3cc(OC)ccc3F)c(CC3(C#N)CCCCC3)c2)cc1. The summed E-state index contributed by atoms with van der Waals surface area (Å²) in [5.74, 6) is 1.77. The molecule has 3 aromatic rings. The molecule has 0 aliphatic heterocycles. The Labute approximate surface area is 200 Å². The smallest absolute Gasteiger partial charge is 0.131 e. The monoisotopic (exact) mass is 459 g/mol. The molecular weight excluding hydrogens is 429 g/mol. The van der Waals surface area contributed by atoms with Gasteiger partial charge >= 0.3 is 0 Å². The van der Waals surface area contributed by atoms with Crippen molar-refractivity contribution in [3.63, 3.8) is 0 Å². The number of nitriles is 1. The van der Waals surface area contributed by atoms with E-state index in [0.717, 1.165) is 54.5 Å². The van der Waals surface area contributed by atoms with E-state index in [1.807, 2.05) is 42.5 Å². The van der Waals surface area contributed by atoms with Crippen LogP contribution < -0.4 is 14.2 Å². The first-order chi connectivity index (χ1) is 16.6. The Bertz CT molecular complexity index is 1160. The second kappa shape index (κ2) is 10.6. The van der Waals surface area contributed by atoms with Gasteiger partial charge in [0, 0.05) is 5.56 Å². The molecule has 0 atom stereocenters. The second-order valence-corrected chi connectivity index (χ2v) is 8.93. The molecule has 3 aromatic carbocycles. The molecule has 0 N–H and O–H groups in total. The summed E-state index contributed by atoms with van der Waals surface area (Å²) in [7, 11) is 3.21. The minimum Gasteiger partial charge on any atom is -0.497 e. The average Bonchev–Trinajstić information content (AvgIpc) is 2.89. The number of rotatable bonds is 8. The Morgan fingerprint density at radius 2 is 1.50 bits per heavy atom. The number of benzene rings is 3. The molecule has 0 saturated heterocycles. The first-order valence-corrected chi connectivity index (χ1v) is 11.7. The van der Waals surface area contributed by atoms with Crippen molar-refractivity contribution in [2.75, 3.05) is 14.2 Å². The van der Waals surface area contributed by atoms with Crippen LogP contribution in [-0.4, -0.2) is 14.2 Å². The van der Waals surface area contributed by atoms with Gasteiger partial charge in [0.1, 0.15) is 29.7 Å². The molecule has 0 bridgehead atoms. The highest BCUT2D eigenvalue weighted by Crippen LogP contribution is 2.42. The van der Waals surface area contributed by atoms with Gasteiger partial charge in [-0.1, -0.05) is 37.5 Å². The maximum Gasteiger partial charge on any atom is 0.131 e.